The lowest BCUT2D eigenvalue weighted by Crippen LogP contribution is -2.12. The Labute approximate surface area is 90.3 Å². The Morgan fingerprint density at radius 2 is 2.20 bits per heavy atom. The highest BCUT2D eigenvalue weighted by atomic mass is 32.1. The van der Waals surface area contributed by atoms with Crippen LogP contribution < -0.4 is 5.73 Å². The van der Waals surface area contributed by atoms with Gasteiger partial charge in [0.05, 0.1) is 11.2 Å². The van der Waals surface area contributed by atoms with Gasteiger partial charge in [-0.2, -0.15) is 13.2 Å². The van der Waals surface area contributed by atoms with Crippen LogP contribution in [0.15, 0.2) is 5.51 Å². The molecule has 1 aromatic rings. The number of hydrogen-bond acceptors (Lipinski definition) is 3. The van der Waals surface area contributed by atoms with Crippen LogP contribution in [-0.4, -0.2) is 11.2 Å². The molecule has 2 N–H and O–H groups in total. The Morgan fingerprint density at radius 1 is 1.53 bits per heavy atom. The van der Waals surface area contributed by atoms with Crippen LogP contribution in [0.5, 0.6) is 0 Å². The highest BCUT2D eigenvalue weighted by Gasteiger charge is 2.26. The molecule has 1 atom stereocenters. The number of aryl methyl sites for hydroxylation is 1. The van der Waals surface area contributed by atoms with E-state index in [0.29, 0.717) is 6.42 Å². The van der Waals surface area contributed by atoms with E-state index in [1.54, 1.807) is 5.51 Å². The normalized spacial score (nSPS) is 14.2. The largest absolute Gasteiger partial charge is 0.389 e. The number of rotatable bonds is 4. The molecule has 0 amide bonds. The average Bonchev–Trinajstić information content (AvgIpc) is 2.48. The molecule has 1 unspecified atom stereocenters. The first kappa shape index (κ1) is 12.4. The van der Waals surface area contributed by atoms with Gasteiger partial charge in [-0.05, 0) is 19.8 Å². The summed E-state index contributed by atoms with van der Waals surface area (Å²) < 4.78 is 35.6. The molecular formula is C9H13F3N2S. The smallest absolute Gasteiger partial charge is 0.323 e. The molecule has 0 fully saturated rings. The van der Waals surface area contributed by atoms with Crippen LogP contribution in [0.4, 0.5) is 13.2 Å². The number of hydrogen-bond donors (Lipinski definition) is 1. The van der Waals surface area contributed by atoms with Crippen molar-refractivity contribution in [1.82, 2.24) is 4.98 Å². The van der Waals surface area contributed by atoms with Gasteiger partial charge in [0.2, 0.25) is 0 Å². The summed E-state index contributed by atoms with van der Waals surface area (Å²) in [7, 11) is 0. The Balaban J connectivity index is 2.37. The van der Waals surface area contributed by atoms with Crippen molar-refractivity contribution in [3.8, 4) is 0 Å². The van der Waals surface area contributed by atoms with Gasteiger partial charge in [-0.25, -0.2) is 4.98 Å². The Morgan fingerprint density at radius 3 is 2.67 bits per heavy atom. The zero-order valence-corrected chi connectivity index (χ0v) is 9.16. The molecule has 0 radical (unpaired) electrons. The van der Waals surface area contributed by atoms with Gasteiger partial charge in [-0.15, -0.1) is 11.3 Å². The van der Waals surface area contributed by atoms with E-state index in [9.17, 15) is 13.2 Å². The summed E-state index contributed by atoms with van der Waals surface area (Å²) in [5.41, 5.74) is 8.25. The number of aromatic nitrogens is 1. The van der Waals surface area contributed by atoms with Crippen molar-refractivity contribution in [2.45, 2.75) is 38.4 Å². The highest BCUT2D eigenvalue weighted by Crippen LogP contribution is 2.27. The van der Waals surface area contributed by atoms with Gasteiger partial charge in [0.15, 0.2) is 0 Å². The van der Waals surface area contributed by atoms with Crippen LogP contribution in [-0.2, 0) is 0 Å². The highest BCUT2D eigenvalue weighted by molar-refractivity contribution is 7.09. The lowest BCUT2D eigenvalue weighted by Gasteiger charge is -2.11. The molecule has 0 saturated carbocycles. The second-order valence-electron chi connectivity index (χ2n) is 3.42. The summed E-state index contributed by atoms with van der Waals surface area (Å²) in [4.78, 5) is 4.90. The fraction of sp³-hybridized carbons (Fsp3) is 0.667. The van der Waals surface area contributed by atoms with Crippen molar-refractivity contribution in [3.63, 3.8) is 0 Å². The summed E-state index contributed by atoms with van der Waals surface area (Å²) in [5, 5.41) is 0. The molecule has 0 aromatic carbocycles. The van der Waals surface area contributed by atoms with E-state index in [2.05, 4.69) is 4.98 Å². The molecule has 15 heavy (non-hydrogen) atoms. The van der Waals surface area contributed by atoms with E-state index in [1.165, 1.54) is 11.3 Å². The molecule has 0 spiro atoms. The quantitative estimate of drug-likeness (QED) is 0.875. The molecule has 0 aliphatic carbocycles. The van der Waals surface area contributed by atoms with Crippen molar-refractivity contribution in [3.05, 3.63) is 16.1 Å². The summed E-state index contributed by atoms with van der Waals surface area (Å²) >= 11 is 1.40. The summed E-state index contributed by atoms with van der Waals surface area (Å²) in [5.74, 6) is 0. The summed E-state index contributed by atoms with van der Waals surface area (Å²) in [6.45, 7) is 1.81. The maximum atomic E-state index is 11.9. The van der Waals surface area contributed by atoms with E-state index in [1.807, 2.05) is 6.92 Å². The van der Waals surface area contributed by atoms with Crippen molar-refractivity contribution in [1.29, 1.82) is 0 Å². The molecule has 1 rings (SSSR count). The van der Waals surface area contributed by atoms with E-state index in [4.69, 9.17) is 5.73 Å². The SMILES string of the molecule is Cc1ncsc1C(N)CCCC(F)(F)F. The zero-order valence-electron chi connectivity index (χ0n) is 8.34. The third kappa shape index (κ3) is 4.17. The van der Waals surface area contributed by atoms with E-state index in [0.717, 1.165) is 10.6 Å². The van der Waals surface area contributed by atoms with Gasteiger partial charge in [0, 0.05) is 17.3 Å². The molecule has 1 heterocycles. The first-order valence-corrected chi connectivity index (χ1v) is 5.50. The third-order valence-corrected chi connectivity index (χ3v) is 3.16. The van der Waals surface area contributed by atoms with Crippen LogP contribution in [0.1, 0.15) is 35.9 Å². The molecule has 0 bridgehead atoms. The number of alkyl halides is 3. The van der Waals surface area contributed by atoms with Gasteiger partial charge >= 0.3 is 6.18 Å². The van der Waals surface area contributed by atoms with Crippen molar-refractivity contribution < 1.29 is 13.2 Å². The number of nitrogens with two attached hydrogens (primary N) is 1. The number of nitrogens with zero attached hydrogens (tertiary/aromatic N) is 1. The molecule has 86 valence electrons. The van der Waals surface area contributed by atoms with Crippen LogP contribution in [0.25, 0.3) is 0 Å². The van der Waals surface area contributed by atoms with Crippen LogP contribution in [0.2, 0.25) is 0 Å². The van der Waals surface area contributed by atoms with Crippen molar-refractivity contribution in [2.75, 3.05) is 0 Å². The van der Waals surface area contributed by atoms with Crippen LogP contribution in [0, 0.1) is 6.92 Å². The topological polar surface area (TPSA) is 38.9 Å². The minimum atomic E-state index is -4.08. The molecule has 0 saturated heterocycles. The average molecular weight is 238 g/mol. The second-order valence-corrected chi connectivity index (χ2v) is 4.30. The van der Waals surface area contributed by atoms with Crippen LogP contribution in [0.3, 0.4) is 0 Å². The molecular weight excluding hydrogens is 225 g/mol. The monoisotopic (exact) mass is 238 g/mol. The lowest BCUT2D eigenvalue weighted by molar-refractivity contribution is -0.135. The van der Waals surface area contributed by atoms with Gasteiger partial charge in [-0.1, -0.05) is 0 Å². The maximum absolute atomic E-state index is 11.9. The van der Waals surface area contributed by atoms with Gasteiger partial charge in [0.1, 0.15) is 0 Å². The van der Waals surface area contributed by atoms with E-state index < -0.39 is 12.6 Å². The van der Waals surface area contributed by atoms with Gasteiger partial charge in [-0.3, -0.25) is 0 Å². The fourth-order valence-corrected chi connectivity index (χ4v) is 2.16. The molecule has 1 aromatic heterocycles. The summed E-state index contributed by atoms with van der Waals surface area (Å²) in [6, 6.07) is -0.320. The van der Waals surface area contributed by atoms with Gasteiger partial charge in [0.25, 0.3) is 0 Å². The first-order valence-electron chi connectivity index (χ1n) is 4.62. The molecule has 6 heteroatoms. The van der Waals surface area contributed by atoms with Crippen LogP contribution >= 0.6 is 11.3 Å². The minimum Gasteiger partial charge on any atom is -0.323 e. The summed E-state index contributed by atoms with van der Waals surface area (Å²) in [6.07, 6.45) is -4.43. The predicted octanol–water partition coefficient (Wildman–Crippen LogP) is 3.18. The standard InChI is InChI=1S/C9H13F3N2S/c1-6-8(15-5-14-6)7(13)3-2-4-9(10,11)12/h5,7H,2-4,13H2,1H3. The number of halogens is 3. The van der Waals surface area contributed by atoms with E-state index in [-0.39, 0.29) is 12.5 Å². The predicted molar refractivity (Wildman–Crippen MR) is 53.7 cm³/mol. The second kappa shape index (κ2) is 4.94. The zero-order chi connectivity index (χ0) is 11.5. The maximum Gasteiger partial charge on any atom is 0.389 e. The fourth-order valence-electron chi connectivity index (χ4n) is 1.32. The Bertz CT molecular complexity index is 309. The minimum absolute atomic E-state index is 0.0714. The van der Waals surface area contributed by atoms with Gasteiger partial charge < -0.3 is 5.73 Å². The molecule has 0 aliphatic rings. The Kier molecular flexibility index (Phi) is 4.10. The molecule has 2 nitrogen and oxygen atoms in total. The Hall–Kier alpha value is -0.620. The van der Waals surface area contributed by atoms with Crippen molar-refractivity contribution >= 4 is 11.3 Å². The lowest BCUT2D eigenvalue weighted by atomic mass is 10.1. The van der Waals surface area contributed by atoms with E-state index >= 15 is 0 Å². The first-order chi connectivity index (χ1) is 6.90. The third-order valence-electron chi connectivity index (χ3n) is 2.09. The number of thiazole rings is 1. The molecule has 0 aliphatic heterocycles. The van der Waals surface area contributed by atoms with Crippen molar-refractivity contribution in [2.24, 2.45) is 5.73 Å².